The number of carboxylic acids is 1. The Bertz CT molecular complexity index is 1020. The number of nitrogens with two attached hydrogens (primary N) is 1. The molecule has 0 aromatic heterocycles. The van der Waals surface area contributed by atoms with Crippen LogP contribution in [0.15, 0.2) is 77.7 Å². The van der Waals surface area contributed by atoms with Gasteiger partial charge in [0.2, 0.25) is 10.0 Å². The summed E-state index contributed by atoms with van der Waals surface area (Å²) >= 11 is 0. The quantitative estimate of drug-likeness (QED) is 0.723. The minimum absolute atomic E-state index is 0.0858. The lowest BCUT2D eigenvalue weighted by Crippen LogP contribution is -2.11. The Hall–Kier alpha value is -2.96. The number of sulfonamides is 1. The lowest BCUT2D eigenvalue weighted by molar-refractivity contribution is 0.0697. The molecule has 26 heavy (non-hydrogen) atoms. The molecule has 132 valence electrons. The van der Waals surface area contributed by atoms with E-state index in [4.69, 9.17) is 10.2 Å². The van der Waals surface area contributed by atoms with Gasteiger partial charge in [0, 0.05) is 0 Å². The fourth-order valence-corrected chi connectivity index (χ4v) is 3.17. The van der Waals surface area contributed by atoms with Gasteiger partial charge in [-0.1, -0.05) is 48.5 Å². The molecule has 6 heteroatoms. The maximum atomic E-state index is 11.3. The zero-order valence-electron chi connectivity index (χ0n) is 13.8. The van der Waals surface area contributed by atoms with Crippen LogP contribution in [0.2, 0.25) is 0 Å². The predicted molar refractivity (Wildman–Crippen MR) is 99.5 cm³/mol. The number of carboxylic acid groups (broad SMARTS) is 1. The van der Waals surface area contributed by atoms with Crippen molar-refractivity contribution in [1.82, 2.24) is 0 Å². The molecule has 3 N–H and O–H groups in total. The van der Waals surface area contributed by atoms with Crippen molar-refractivity contribution in [2.75, 3.05) is 0 Å². The Labute approximate surface area is 151 Å². The number of hydrogen-bond acceptors (Lipinski definition) is 3. The second-order valence-corrected chi connectivity index (χ2v) is 7.51. The first-order chi connectivity index (χ1) is 12.3. The van der Waals surface area contributed by atoms with Crippen molar-refractivity contribution >= 4 is 16.0 Å². The zero-order chi connectivity index (χ0) is 18.7. The van der Waals surface area contributed by atoms with Crippen molar-refractivity contribution in [3.8, 4) is 11.1 Å². The molecular formula is C20H17NO4S. The van der Waals surface area contributed by atoms with Crippen molar-refractivity contribution < 1.29 is 18.3 Å². The van der Waals surface area contributed by atoms with Gasteiger partial charge in [0.1, 0.15) is 0 Å². The second kappa shape index (κ2) is 7.11. The van der Waals surface area contributed by atoms with Gasteiger partial charge in [-0.2, -0.15) is 0 Å². The van der Waals surface area contributed by atoms with Gasteiger partial charge < -0.3 is 5.11 Å². The summed E-state index contributed by atoms with van der Waals surface area (Å²) in [6.07, 6.45) is 0.699. The maximum Gasteiger partial charge on any atom is 0.335 e. The fourth-order valence-electron chi connectivity index (χ4n) is 2.65. The number of benzene rings is 3. The Morgan fingerprint density at radius 3 is 1.62 bits per heavy atom. The molecule has 5 nitrogen and oxygen atoms in total. The molecule has 0 heterocycles. The summed E-state index contributed by atoms with van der Waals surface area (Å²) in [7, 11) is -3.69. The molecule has 0 aliphatic rings. The van der Waals surface area contributed by atoms with Gasteiger partial charge in [0.15, 0.2) is 0 Å². The van der Waals surface area contributed by atoms with Gasteiger partial charge in [-0.15, -0.1) is 0 Å². The highest BCUT2D eigenvalue weighted by Crippen LogP contribution is 2.22. The monoisotopic (exact) mass is 367 g/mol. The molecule has 0 radical (unpaired) electrons. The second-order valence-electron chi connectivity index (χ2n) is 5.95. The minimum atomic E-state index is -3.69. The third-order valence-electron chi connectivity index (χ3n) is 4.08. The van der Waals surface area contributed by atoms with Gasteiger partial charge in [-0.05, 0) is 52.9 Å². The van der Waals surface area contributed by atoms with Crippen LogP contribution in [0.25, 0.3) is 11.1 Å². The first-order valence-corrected chi connectivity index (χ1v) is 9.42. The topological polar surface area (TPSA) is 97.5 Å². The lowest BCUT2D eigenvalue weighted by Gasteiger charge is -2.06. The Balaban J connectivity index is 1.75. The smallest absolute Gasteiger partial charge is 0.335 e. The van der Waals surface area contributed by atoms with E-state index in [0.29, 0.717) is 6.42 Å². The van der Waals surface area contributed by atoms with Crippen LogP contribution in [-0.2, 0) is 16.4 Å². The van der Waals surface area contributed by atoms with Crippen LogP contribution < -0.4 is 5.14 Å². The van der Waals surface area contributed by atoms with E-state index in [1.807, 2.05) is 36.4 Å². The van der Waals surface area contributed by atoms with Crippen molar-refractivity contribution in [2.45, 2.75) is 11.3 Å². The standard InChI is InChI=1S/C20H17NO4S/c21-26(24,25)19-11-9-17(10-12-19)16-5-1-14(2-6-16)13-15-3-7-18(8-4-15)20(22)23/h1-12H,13H2,(H,22,23)(H2,21,24,25). The molecule has 3 aromatic carbocycles. The first kappa shape index (κ1) is 17.8. The van der Waals surface area contributed by atoms with Crippen LogP contribution in [0.4, 0.5) is 0 Å². The first-order valence-electron chi connectivity index (χ1n) is 7.87. The predicted octanol–water partition coefficient (Wildman–Crippen LogP) is 3.29. The van der Waals surface area contributed by atoms with Crippen LogP contribution in [0.1, 0.15) is 21.5 Å². The SMILES string of the molecule is NS(=O)(=O)c1ccc(-c2ccc(Cc3ccc(C(=O)O)cc3)cc2)cc1. The van der Waals surface area contributed by atoms with E-state index >= 15 is 0 Å². The van der Waals surface area contributed by atoms with Crippen molar-refractivity contribution in [2.24, 2.45) is 5.14 Å². The molecule has 3 aromatic rings. The largest absolute Gasteiger partial charge is 0.478 e. The Morgan fingerprint density at radius 1 is 0.769 bits per heavy atom. The minimum Gasteiger partial charge on any atom is -0.478 e. The summed E-state index contributed by atoms with van der Waals surface area (Å²) in [5.41, 5.74) is 4.26. The molecule has 0 saturated carbocycles. The van der Waals surface area contributed by atoms with Crippen LogP contribution in [-0.4, -0.2) is 19.5 Å². The van der Waals surface area contributed by atoms with Crippen molar-refractivity contribution in [3.63, 3.8) is 0 Å². The highest BCUT2D eigenvalue weighted by Gasteiger charge is 2.07. The number of rotatable bonds is 5. The van der Waals surface area contributed by atoms with E-state index in [1.165, 1.54) is 12.1 Å². The average Bonchev–Trinajstić information content (AvgIpc) is 2.62. The van der Waals surface area contributed by atoms with Gasteiger partial charge in [-0.3, -0.25) is 0 Å². The summed E-state index contributed by atoms with van der Waals surface area (Å²) < 4.78 is 22.6. The highest BCUT2D eigenvalue weighted by molar-refractivity contribution is 7.89. The van der Waals surface area contributed by atoms with E-state index in [1.54, 1.807) is 24.3 Å². The number of primary sulfonamides is 1. The van der Waals surface area contributed by atoms with Gasteiger partial charge in [-0.25, -0.2) is 18.4 Å². The molecular weight excluding hydrogens is 350 g/mol. The molecule has 0 bridgehead atoms. The molecule has 0 fully saturated rings. The lowest BCUT2D eigenvalue weighted by atomic mass is 10.00. The molecule has 0 amide bonds. The Kier molecular flexibility index (Phi) is 4.88. The van der Waals surface area contributed by atoms with Gasteiger partial charge in [0.05, 0.1) is 10.5 Å². The highest BCUT2D eigenvalue weighted by atomic mass is 32.2. The normalized spacial score (nSPS) is 11.3. The van der Waals surface area contributed by atoms with Crippen molar-refractivity contribution in [3.05, 3.63) is 89.5 Å². The summed E-state index contributed by atoms with van der Waals surface area (Å²) in [5.74, 6) is -0.936. The zero-order valence-corrected chi connectivity index (χ0v) is 14.6. The number of hydrogen-bond donors (Lipinski definition) is 2. The van der Waals surface area contributed by atoms with Crippen LogP contribution >= 0.6 is 0 Å². The summed E-state index contributed by atoms with van der Waals surface area (Å²) in [5, 5.41) is 14.0. The van der Waals surface area contributed by atoms with Crippen LogP contribution in [0.5, 0.6) is 0 Å². The molecule has 3 rings (SSSR count). The maximum absolute atomic E-state index is 11.3. The average molecular weight is 367 g/mol. The summed E-state index contributed by atoms with van der Waals surface area (Å²) in [6.45, 7) is 0. The van der Waals surface area contributed by atoms with Crippen LogP contribution in [0, 0.1) is 0 Å². The number of aromatic carboxylic acids is 1. The van der Waals surface area contributed by atoms with Gasteiger partial charge >= 0.3 is 5.97 Å². The molecule has 0 saturated heterocycles. The van der Waals surface area contributed by atoms with E-state index in [-0.39, 0.29) is 10.5 Å². The van der Waals surface area contributed by atoms with Gasteiger partial charge in [0.25, 0.3) is 0 Å². The number of carbonyl (C=O) groups is 1. The molecule has 0 aliphatic heterocycles. The third-order valence-corrected chi connectivity index (χ3v) is 5.01. The van der Waals surface area contributed by atoms with E-state index in [0.717, 1.165) is 22.3 Å². The van der Waals surface area contributed by atoms with Crippen LogP contribution in [0.3, 0.4) is 0 Å². The Morgan fingerprint density at radius 2 is 1.19 bits per heavy atom. The summed E-state index contributed by atoms with van der Waals surface area (Å²) in [4.78, 5) is 11.0. The van der Waals surface area contributed by atoms with E-state index < -0.39 is 16.0 Å². The van der Waals surface area contributed by atoms with E-state index in [9.17, 15) is 13.2 Å². The summed E-state index contributed by atoms with van der Waals surface area (Å²) in [6, 6.07) is 21.1. The third kappa shape index (κ3) is 4.17. The van der Waals surface area contributed by atoms with Crippen molar-refractivity contribution in [1.29, 1.82) is 0 Å². The van der Waals surface area contributed by atoms with E-state index in [2.05, 4.69) is 0 Å². The molecule has 0 atom stereocenters. The fraction of sp³-hybridized carbons (Fsp3) is 0.0500. The molecule has 0 aliphatic carbocycles. The molecule has 0 spiro atoms. The molecule has 0 unspecified atom stereocenters.